The number of carbonyl (C=O) groups is 1. The number of hydrogen-bond donors (Lipinski definition) is 1. The molecule has 1 aliphatic rings. The van der Waals surface area contributed by atoms with Crippen LogP contribution in [0.2, 0.25) is 0 Å². The zero-order valence-electron chi connectivity index (χ0n) is 14.8. The molecule has 5 heteroatoms. The second-order valence-electron chi connectivity index (χ2n) is 7.15. The summed E-state index contributed by atoms with van der Waals surface area (Å²) in [4.78, 5) is 18.7. The molecule has 1 unspecified atom stereocenters. The highest BCUT2D eigenvalue weighted by atomic mass is 16.6. The average Bonchev–Trinajstić information content (AvgIpc) is 2.47. The number of ether oxygens (including phenoxy) is 1. The number of anilines is 1. The molecule has 1 fully saturated rings. The Morgan fingerprint density at radius 1 is 1.39 bits per heavy atom. The average molecular weight is 319 g/mol. The van der Waals surface area contributed by atoms with Crippen LogP contribution >= 0.6 is 0 Å². The fourth-order valence-corrected chi connectivity index (χ4v) is 3.01. The van der Waals surface area contributed by atoms with Crippen molar-refractivity contribution in [1.29, 1.82) is 0 Å². The van der Waals surface area contributed by atoms with E-state index < -0.39 is 11.7 Å². The highest BCUT2D eigenvalue weighted by molar-refractivity contribution is 5.83. The third-order valence-corrected chi connectivity index (χ3v) is 3.92. The quantitative estimate of drug-likeness (QED) is 0.895. The zero-order chi connectivity index (χ0) is 16.9. The highest BCUT2D eigenvalue weighted by Gasteiger charge is 2.23. The molecule has 1 amide bonds. The van der Waals surface area contributed by atoms with Crippen LogP contribution in [-0.2, 0) is 4.74 Å². The Morgan fingerprint density at radius 2 is 2.17 bits per heavy atom. The fourth-order valence-electron chi connectivity index (χ4n) is 3.01. The lowest BCUT2D eigenvalue weighted by Gasteiger charge is -2.35. The van der Waals surface area contributed by atoms with E-state index in [1.807, 2.05) is 33.0 Å². The van der Waals surface area contributed by atoms with Gasteiger partial charge in [-0.3, -0.25) is 10.2 Å². The molecule has 23 heavy (non-hydrogen) atoms. The van der Waals surface area contributed by atoms with E-state index >= 15 is 0 Å². The van der Waals surface area contributed by atoms with Gasteiger partial charge >= 0.3 is 6.09 Å². The van der Waals surface area contributed by atoms with E-state index in [4.69, 9.17) is 4.74 Å². The van der Waals surface area contributed by atoms with Gasteiger partial charge in [0.25, 0.3) is 0 Å². The molecule has 1 saturated heterocycles. The Labute approximate surface area is 139 Å². The third kappa shape index (κ3) is 5.50. The third-order valence-electron chi connectivity index (χ3n) is 3.92. The molecule has 2 heterocycles. The lowest BCUT2D eigenvalue weighted by molar-refractivity contribution is 0.0635. The highest BCUT2D eigenvalue weighted by Crippen LogP contribution is 2.30. The molecule has 0 radical (unpaired) electrons. The van der Waals surface area contributed by atoms with Crippen molar-refractivity contribution in [3.05, 3.63) is 23.9 Å². The number of piperidine rings is 1. The number of rotatable bonds is 4. The summed E-state index contributed by atoms with van der Waals surface area (Å²) < 4.78 is 5.24. The number of hydrogen-bond acceptors (Lipinski definition) is 4. The van der Waals surface area contributed by atoms with E-state index in [1.54, 1.807) is 0 Å². The van der Waals surface area contributed by atoms with Crippen molar-refractivity contribution in [2.45, 2.75) is 65.0 Å². The second-order valence-corrected chi connectivity index (χ2v) is 7.15. The molecule has 1 aromatic heterocycles. The van der Waals surface area contributed by atoms with Gasteiger partial charge in [0.05, 0.1) is 0 Å². The van der Waals surface area contributed by atoms with Crippen LogP contribution in [-0.4, -0.2) is 34.7 Å². The molecule has 0 spiro atoms. The van der Waals surface area contributed by atoms with Crippen molar-refractivity contribution in [1.82, 2.24) is 9.88 Å². The van der Waals surface area contributed by atoms with Gasteiger partial charge < -0.3 is 4.74 Å². The van der Waals surface area contributed by atoms with Crippen LogP contribution in [0.1, 0.15) is 65.0 Å². The normalized spacial score (nSPS) is 19.4. The molecule has 0 saturated carbocycles. The summed E-state index contributed by atoms with van der Waals surface area (Å²) in [6, 6.07) is 4.38. The van der Waals surface area contributed by atoms with Crippen molar-refractivity contribution in [3.63, 3.8) is 0 Å². The van der Waals surface area contributed by atoms with Crippen molar-refractivity contribution in [3.8, 4) is 0 Å². The lowest BCUT2D eigenvalue weighted by Crippen LogP contribution is -2.34. The van der Waals surface area contributed by atoms with Gasteiger partial charge in [0.15, 0.2) is 0 Å². The van der Waals surface area contributed by atoms with Crippen molar-refractivity contribution >= 4 is 11.9 Å². The van der Waals surface area contributed by atoms with Gasteiger partial charge in [0, 0.05) is 12.2 Å². The fraction of sp³-hybridized carbons (Fsp3) is 0.667. The first kappa shape index (κ1) is 17.7. The Balaban J connectivity index is 1.99. The molecule has 2 rings (SSSR count). The predicted octanol–water partition coefficient (Wildman–Crippen LogP) is 4.37. The summed E-state index contributed by atoms with van der Waals surface area (Å²) in [6.45, 7) is 10.0. The molecule has 0 aromatic carbocycles. The maximum atomic E-state index is 11.8. The number of aromatic nitrogens is 1. The molecule has 1 aromatic rings. The Hall–Kier alpha value is -1.62. The van der Waals surface area contributed by atoms with Gasteiger partial charge in [-0.25, -0.2) is 9.78 Å². The standard InChI is InChI=1S/C18H29N3O2/c1-5-11-21-12-7-6-8-15(21)14-9-10-16(19-13-14)20-17(22)23-18(2,3)4/h9-10,13,15H,5-8,11-12H2,1-4H3,(H,19,20,22). The van der Waals surface area contributed by atoms with E-state index in [0.29, 0.717) is 11.9 Å². The van der Waals surface area contributed by atoms with Gasteiger partial charge in [0.2, 0.25) is 0 Å². The number of carbonyl (C=O) groups excluding carboxylic acids is 1. The Bertz CT molecular complexity index is 506. The largest absolute Gasteiger partial charge is 0.444 e. The molecule has 1 aliphatic heterocycles. The zero-order valence-corrected chi connectivity index (χ0v) is 14.8. The first-order chi connectivity index (χ1) is 10.9. The minimum Gasteiger partial charge on any atom is -0.444 e. The van der Waals surface area contributed by atoms with E-state index in [2.05, 4.69) is 28.2 Å². The summed E-state index contributed by atoms with van der Waals surface area (Å²) in [5.74, 6) is 0.529. The van der Waals surface area contributed by atoms with Crippen LogP contribution in [0.4, 0.5) is 10.6 Å². The summed E-state index contributed by atoms with van der Waals surface area (Å²) in [5.41, 5.74) is 0.722. The number of nitrogens with one attached hydrogen (secondary N) is 1. The summed E-state index contributed by atoms with van der Waals surface area (Å²) in [5, 5.41) is 2.68. The second kappa shape index (κ2) is 7.77. The molecular formula is C18H29N3O2. The summed E-state index contributed by atoms with van der Waals surface area (Å²) in [7, 11) is 0. The topological polar surface area (TPSA) is 54.5 Å². The lowest BCUT2D eigenvalue weighted by atomic mass is 9.96. The van der Waals surface area contributed by atoms with Gasteiger partial charge in [-0.05, 0) is 64.8 Å². The van der Waals surface area contributed by atoms with E-state index in [1.165, 1.54) is 31.2 Å². The SMILES string of the molecule is CCCN1CCCCC1c1ccc(NC(=O)OC(C)(C)C)nc1. The maximum absolute atomic E-state index is 11.8. The summed E-state index contributed by atoms with van der Waals surface area (Å²) in [6.07, 6.45) is 6.31. The van der Waals surface area contributed by atoms with E-state index in [-0.39, 0.29) is 0 Å². The number of amides is 1. The summed E-state index contributed by atoms with van der Waals surface area (Å²) >= 11 is 0. The first-order valence-electron chi connectivity index (χ1n) is 8.59. The molecule has 1 atom stereocenters. The van der Waals surface area contributed by atoms with Crippen LogP contribution in [0.5, 0.6) is 0 Å². The Morgan fingerprint density at radius 3 is 2.78 bits per heavy atom. The van der Waals surface area contributed by atoms with Gasteiger partial charge in [0.1, 0.15) is 11.4 Å². The smallest absolute Gasteiger partial charge is 0.413 e. The van der Waals surface area contributed by atoms with Crippen molar-refractivity contribution < 1.29 is 9.53 Å². The molecule has 1 N–H and O–H groups in total. The molecule has 0 aliphatic carbocycles. The van der Waals surface area contributed by atoms with Crippen LogP contribution in [0.15, 0.2) is 18.3 Å². The van der Waals surface area contributed by atoms with E-state index in [0.717, 1.165) is 13.1 Å². The molecule has 128 valence electrons. The minimum absolute atomic E-state index is 0.451. The van der Waals surface area contributed by atoms with E-state index in [9.17, 15) is 4.79 Å². The number of likely N-dealkylation sites (tertiary alicyclic amines) is 1. The van der Waals surface area contributed by atoms with Crippen molar-refractivity contribution in [2.24, 2.45) is 0 Å². The first-order valence-corrected chi connectivity index (χ1v) is 8.59. The predicted molar refractivity (Wildman–Crippen MR) is 92.5 cm³/mol. The van der Waals surface area contributed by atoms with Crippen LogP contribution in [0.25, 0.3) is 0 Å². The van der Waals surface area contributed by atoms with Crippen LogP contribution in [0, 0.1) is 0 Å². The van der Waals surface area contributed by atoms with Gasteiger partial charge in [-0.15, -0.1) is 0 Å². The molecule has 0 bridgehead atoms. The monoisotopic (exact) mass is 319 g/mol. The molecule has 5 nitrogen and oxygen atoms in total. The van der Waals surface area contributed by atoms with Gasteiger partial charge in [-0.1, -0.05) is 19.4 Å². The maximum Gasteiger partial charge on any atom is 0.413 e. The minimum atomic E-state index is -0.507. The van der Waals surface area contributed by atoms with Crippen molar-refractivity contribution in [2.75, 3.05) is 18.4 Å². The van der Waals surface area contributed by atoms with Crippen LogP contribution in [0.3, 0.4) is 0 Å². The number of nitrogens with zero attached hydrogens (tertiary/aromatic N) is 2. The Kier molecular flexibility index (Phi) is 5.99. The molecular weight excluding hydrogens is 290 g/mol. The number of pyridine rings is 1. The van der Waals surface area contributed by atoms with Crippen LogP contribution < -0.4 is 5.32 Å². The van der Waals surface area contributed by atoms with Gasteiger partial charge in [-0.2, -0.15) is 0 Å².